The summed E-state index contributed by atoms with van der Waals surface area (Å²) in [5, 5.41) is 10.1. The van der Waals surface area contributed by atoms with Crippen LogP contribution in [0.3, 0.4) is 0 Å². The van der Waals surface area contributed by atoms with Crippen molar-refractivity contribution in [3.63, 3.8) is 0 Å². The molecule has 116 valence electrons. The minimum atomic E-state index is -2.15. The molecule has 5 atom stereocenters. The summed E-state index contributed by atoms with van der Waals surface area (Å²) in [6.45, 7) is 3.12. The molecular weight excluding hydrogens is 299 g/mol. The van der Waals surface area contributed by atoms with Crippen LogP contribution in [0.25, 0.3) is 0 Å². The van der Waals surface area contributed by atoms with Crippen molar-refractivity contribution in [1.82, 2.24) is 8.90 Å². The van der Waals surface area contributed by atoms with Crippen LogP contribution in [0.4, 0.5) is 0 Å². The third-order valence-electron chi connectivity index (χ3n) is 3.53. The number of hydrogen-bond donors (Lipinski definition) is 1. The topological polar surface area (TPSA) is 99.8 Å². The minimum Gasteiger partial charge on any atom is -0.388 e. The zero-order valence-electron chi connectivity index (χ0n) is 12.0. The van der Waals surface area contributed by atoms with Crippen molar-refractivity contribution < 1.29 is 19.1 Å². The van der Waals surface area contributed by atoms with E-state index >= 15 is 0 Å². The number of methoxy groups -OCH3 is 1. The summed E-state index contributed by atoms with van der Waals surface area (Å²) in [6, 6.07) is 1.14. The first-order chi connectivity index (χ1) is 9.92. The molecule has 0 amide bonds. The van der Waals surface area contributed by atoms with E-state index in [1.54, 1.807) is 0 Å². The second-order valence-electron chi connectivity index (χ2n) is 4.78. The Kier molecular flexibility index (Phi) is 4.73. The average molecular weight is 317 g/mol. The number of aromatic nitrogens is 2. The largest absolute Gasteiger partial charge is 0.471 e. The number of hydrogen-bond acceptors (Lipinski definition) is 6. The van der Waals surface area contributed by atoms with Gasteiger partial charge < -0.3 is 14.6 Å². The Balaban J connectivity index is 2.52. The second-order valence-corrected chi connectivity index (χ2v) is 6.11. The molecular formula is C12H18N2O6P+. The fourth-order valence-corrected chi connectivity index (χ4v) is 3.16. The minimum absolute atomic E-state index is 0.470. The molecule has 0 radical (unpaired) electrons. The van der Waals surface area contributed by atoms with Gasteiger partial charge in [0, 0.05) is 19.4 Å². The molecule has 1 unspecified atom stereocenters. The number of nitrogens with zero attached hydrogens (tertiary/aromatic N) is 2. The molecule has 8 nitrogen and oxygen atoms in total. The van der Waals surface area contributed by atoms with Crippen molar-refractivity contribution >= 4 is 7.95 Å². The predicted octanol–water partition coefficient (Wildman–Crippen LogP) is -0.0864. The molecule has 1 aromatic heterocycles. The normalized spacial score (nSPS) is 29.6. The summed E-state index contributed by atoms with van der Waals surface area (Å²) < 4.78 is 24.2. The molecule has 0 spiro atoms. The smallest absolute Gasteiger partial charge is 0.388 e. The van der Waals surface area contributed by atoms with Gasteiger partial charge in [0.1, 0.15) is 12.2 Å². The molecule has 0 aliphatic carbocycles. The highest BCUT2D eigenvalue weighted by Gasteiger charge is 2.45. The molecule has 0 bridgehead atoms. The molecule has 9 heteroatoms. The van der Waals surface area contributed by atoms with E-state index in [9.17, 15) is 19.3 Å². The van der Waals surface area contributed by atoms with Crippen LogP contribution < -0.4 is 11.2 Å². The summed E-state index contributed by atoms with van der Waals surface area (Å²) in [5.41, 5.74) is -1.39. The summed E-state index contributed by atoms with van der Waals surface area (Å²) >= 11 is 0. The van der Waals surface area contributed by atoms with Crippen molar-refractivity contribution in [2.75, 3.05) is 13.8 Å². The van der Waals surface area contributed by atoms with Gasteiger partial charge in [0.05, 0.1) is 6.10 Å². The zero-order valence-corrected chi connectivity index (χ0v) is 12.9. The fourth-order valence-electron chi connectivity index (χ4n) is 2.47. The van der Waals surface area contributed by atoms with Crippen LogP contribution in [0.5, 0.6) is 0 Å². The first-order valence-electron chi connectivity index (χ1n) is 6.54. The molecule has 1 aromatic rings. The molecule has 0 saturated carbocycles. The van der Waals surface area contributed by atoms with Gasteiger partial charge in [0.25, 0.3) is 5.56 Å². The van der Waals surface area contributed by atoms with Crippen LogP contribution in [-0.2, 0) is 14.0 Å². The monoisotopic (exact) mass is 317 g/mol. The van der Waals surface area contributed by atoms with Crippen LogP contribution in [0, 0.1) is 0 Å². The Morgan fingerprint density at radius 2 is 2.14 bits per heavy atom. The SMILES string of the molecule is CC[C@H]1O[C@@H](n2ccc(=O)n([P+](C)=O)c2=O)[C@@H](OC)[C@@H]1O. The maximum Gasteiger partial charge on any atom is 0.471 e. The molecule has 2 rings (SSSR count). The third-order valence-corrected chi connectivity index (χ3v) is 4.46. The van der Waals surface area contributed by atoms with Crippen molar-refractivity contribution in [2.24, 2.45) is 0 Å². The lowest BCUT2D eigenvalue weighted by Crippen LogP contribution is -2.41. The van der Waals surface area contributed by atoms with E-state index in [1.165, 1.54) is 20.0 Å². The quantitative estimate of drug-likeness (QED) is 0.779. The Morgan fingerprint density at radius 3 is 2.67 bits per heavy atom. The van der Waals surface area contributed by atoms with E-state index in [1.807, 2.05) is 6.92 Å². The van der Waals surface area contributed by atoms with Gasteiger partial charge in [-0.05, 0) is 15.3 Å². The van der Waals surface area contributed by atoms with Gasteiger partial charge in [-0.15, -0.1) is 0 Å². The van der Waals surface area contributed by atoms with Crippen molar-refractivity contribution in [3.05, 3.63) is 33.1 Å². The lowest BCUT2D eigenvalue weighted by Gasteiger charge is -2.20. The number of aliphatic hydroxyl groups is 1. The van der Waals surface area contributed by atoms with Crippen LogP contribution in [0.15, 0.2) is 21.9 Å². The molecule has 1 saturated heterocycles. The maximum atomic E-state index is 12.3. The Morgan fingerprint density at radius 1 is 1.48 bits per heavy atom. The molecule has 21 heavy (non-hydrogen) atoms. The van der Waals surface area contributed by atoms with Crippen molar-refractivity contribution in [3.8, 4) is 0 Å². The van der Waals surface area contributed by atoms with Gasteiger partial charge in [-0.1, -0.05) is 6.92 Å². The summed E-state index contributed by atoms with van der Waals surface area (Å²) in [5.74, 6) is 0. The molecule has 1 fully saturated rings. The van der Waals surface area contributed by atoms with Gasteiger partial charge >= 0.3 is 13.6 Å². The van der Waals surface area contributed by atoms with Gasteiger partial charge in [0.2, 0.25) is 0 Å². The highest BCUT2D eigenvalue weighted by atomic mass is 31.1. The van der Waals surface area contributed by atoms with Gasteiger partial charge in [0.15, 0.2) is 12.9 Å². The Hall–Kier alpha value is -1.34. The summed E-state index contributed by atoms with van der Waals surface area (Å²) in [4.78, 5) is 23.9. The fraction of sp³-hybridized carbons (Fsp3) is 0.667. The first-order valence-corrected chi connectivity index (χ1v) is 8.20. The number of ether oxygens (including phenoxy) is 2. The van der Waals surface area contributed by atoms with Crippen LogP contribution in [0.1, 0.15) is 19.6 Å². The van der Waals surface area contributed by atoms with Gasteiger partial charge in [-0.3, -0.25) is 9.36 Å². The van der Waals surface area contributed by atoms with Gasteiger partial charge in [-0.2, -0.15) is 0 Å². The average Bonchev–Trinajstić information content (AvgIpc) is 2.74. The van der Waals surface area contributed by atoms with Gasteiger partial charge in [-0.25, -0.2) is 4.79 Å². The maximum absolute atomic E-state index is 12.3. The number of rotatable bonds is 4. The molecule has 2 heterocycles. The second kappa shape index (κ2) is 6.19. The predicted molar refractivity (Wildman–Crippen MR) is 74.9 cm³/mol. The highest BCUT2D eigenvalue weighted by Crippen LogP contribution is 2.31. The van der Waals surface area contributed by atoms with E-state index in [0.717, 1.165) is 10.6 Å². The van der Waals surface area contributed by atoms with E-state index in [0.29, 0.717) is 10.8 Å². The van der Waals surface area contributed by atoms with E-state index in [2.05, 4.69) is 0 Å². The first kappa shape index (κ1) is 16.0. The van der Waals surface area contributed by atoms with E-state index < -0.39 is 43.7 Å². The van der Waals surface area contributed by atoms with Crippen molar-refractivity contribution in [2.45, 2.75) is 37.9 Å². The Bertz CT molecular complexity index is 654. The van der Waals surface area contributed by atoms with Crippen molar-refractivity contribution in [1.29, 1.82) is 0 Å². The van der Waals surface area contributed by atoms with E-state index in [-0.39, 0.29) is 0 Å². The lowest BCUT2D eigenvalue weighted by atomic mass is 10.1. The van der Waals surface area contributed by atoms with Crippen LogP contribution in [-0.4, -0.2) is 46.1 Å². The summed E-state index contributed by atoms with van der Waals surface area (Å²) in [6.07, 6.45) is -1.15. The van der Waals surface area contributed by atoms with Crippen LogP contribution in [0.2, 0.25) is 0 Å². The Labute approximate surface area is 121 Å². The zero-order chi connectivity index (χ0) is 15.7. The van der Waals surface area contributed by atoms with Crippen LogP contribution >= 0.6 is 7.95 Å². The molecule has 0 aromatic carbocycles. The highest BCUT2D eigenvalue weighted by molar-refractivity contribution is 7.41. The standard InChI is InChI=1S/C12H18N2O6P/c1-4-7-9(16)10(19-2)11(20-7)13-6-5-8(15)14(12(13)17)21(3)18/h5-7,9-11,16H,4H2,1-3H3/q+1/t7-,9-,10+,11-/m1/s1. The molecule has 1 aliphatic rings. The lowest BCUT2D eigenvalue weighted by molar-refractivity contribution is -0.0544. The number of aliphatic hydroxyl groups excluding tert-OH is 1. The molecule has 1 N–H and O–H groups in total. The molecule has 1 aliphatic heterocycles. The summed E-state index contributed by atoms with van der Waals surface area (Å²) in [7, 11) is -0.744. The van der Waals surface area contributed by atoms with E-state index in [4.69, 9.17) is 9.47 Å². The third kappa shape index (κ3) is 2.72.